The van der Waals surface area contributed by atoms with E-state index in [4.69, 9.17) is 4.74 Å². The molecule has 1 atom stereocenters. The summed E-state index contributed by atoms with van der Waals surface area (Å²) in [6.07, 6.45) is 4.90. The number of carboxylic acid groups (broad SMARTS) is 1. The number of aromatic amines is 1. The molecule has 1 heterocycles. The fraction of sp³-hybridized carbons (Fsp3) is 0.143. The van der Waals surface area contributed by atoms with Gasteiger partial charge >= 0.3 is 5.97 Å². The molecule has 3 N–H and O–H groups in total. The van der Waals surface area contributed by atoms with E-state index in [9.17, 15) is 14.7 Å². The summed E-state index contributed by atoms with van der Waals surface area (Å²) in [4.78, 5) is 26.9. The van der Waals surface area contributed by atoms with Gasteiger partial charge in [0.15, 0.2) is 0 Å². The third kappa shape index (κ3) is 4.55. The lowest BCUT2D eigenvalue weighted by Gasteiger charge is -2.13. The molecule has 0 spiro atoms. The van der Waals surface area contributed by atoms with E-state index in [1.54, 1.807) is 31.5 Å². The molecule has 0 saturated carbocycles. The van der Waals surface area contributed by atoms with E-state index in [2.05, 4.69) is 10.3 Å². The van der Waals surface area contributed by atoms with Gasteiger partial charge in [0, 0.05) is 29.6 Å². The van der Waals surface area contributed by atoms with Crippen molar-refractivity contribution in [3.8, 4) is 5.75 Å². The van der Waals surface area contributed by atoms with Gasteiger partial charge < -0.3 is 20.1 Å². The Balaban J connectivity index is 1.69. The molecule has 0 fully saturated rings. The molecule has 1 amide bonds. The molecule has 1 aromatic heterocycles. The Labute approximate surface area is 156 Å². The number of nitrogens with one attached hydrogen (secondary N) is 2. The molecule has 6 heteroatoms. The number of fused-ring (bicyclic) bond motifs is 1. The van der Waals surface area contributed by atoms with Crippen LogP contribution in [0, 0.1) is 0 Å². The number of aliphatic carboxylic acids is 1. The van der Waals surface area contributed by atoms with Crippen molar-refractivity contribution in [2.24, 2.45) is 0 Å². The predicted molar refractivity (Wildman–Crippen MR) is 104 cm³/mol. The number of hydrogen-bond donors (Lipinski definition) is 3. The van der Waals surface area contributed by atoms with Crippen molar-refractivity contribution in [2.45, 2.75) is 12.5 Å². The number of carboxylic acids is 1. The first-order valence-corrected chi connectivity index (χ1v) is 8.47. The highest BCUT2D eigenvalue weighted by atomic mass is 16.5. The highest BCUT2D eigenvalue weighted by molar-refractivity contribution is 5.94. The fourth-order valence-corrected chi connectivity index (χ4v) is 2.86. The minimum absolute atomic E-state index is 0.193. The van der Waals surface area contributed by atoms with Crippen LogP contribution in [0.3, 0.4) is 0 Å². The van der Waals surface area contributed by atoms with Gasteiger partial charge in [-0.05, 0) is 35.4 Å². The van der Waals surface area contributed by atoms with Gasteiger partial charge in [-0.25, -0.2) is 4.79 Å². The van der Waals surface area contributed by atoms with Gasteiger partial charge in [0.05, 0.1) is 7.11 Å². The molecule has 6 nitrogen and oxygen atoms in total. The molecule has 1 unspecified atom stereocenters. The SMILES string of the molecule is COc1cccc(/C=C/C(=O)NC(Cc2c[nH]c3ccccc23)C(=O)O)c1. The molecule has 0 aliphatic carbocycles. The van der Waals surface area contributed by atoms with E-state index < -0.39 is 17.9 Å². The number of carbonyl (C=O) groups excluding carboxylic acids is 1. The third-order valence-electron chi connectivity index (χ3n) is 4.23. The molecule has 0 aliphatic rings. The van der Waals surface area contributed by atoms with Crippen molar-refractivity contribution in [1.29, 1.82) is 0 Å². The number of para-hydroxylation sites is 1. The zero-order valence-electron chi connectivity index (χ0n) is 14.8. The minimum atomic E-state index is -1.08. The lowest BCUT2D eigenvalue weighted by molar-refractivity contribution is -0.141. The van der Waals surface area contributed by atoms with Crippen molar-refractivity contribution in [3.63, 3.8) is 0 Å². The molecular formula is C21H20N2O4. The van der Waals surface area contributed by atoms with E-state index in [0.29, 0.717) is 5.75 Å². The van der Waals surface area contributed by atoms with Gasteiger partial charge in [-0.15, -0.1) is 0 Å². The molecule has 3 rings (SSSR count). The average molecular weight is 364 g/mol. The first-order valence-electron chi connectivity index (χ1n) is 8.47. The number of H-pyrrole nitrogens is 1. The average Bonchev–Trinajstić information content (AvgIpc) is 3.09. The van der Waals surface area contributed by atoms with Crippen LogP contribution in [0.2, 0.25) is 0 Å². The second-order valence-corrected chi connectivity index (χ2v) is 6.07. The summed E-state index contributed by atoms with van der Waals surface area (Å²) in [5.41, 5.74) is 2.56. The molecule has 2 aromatic carbocycles. The van der Waals surface area contributed by atoms with Crippen LogP contribution in [0.1, 0.15) is 11.1 Å². The Morgan fingerprint density at radius 2 is 2.04 bits per heavy atom. The zero-order valence-corrected chi connectivity index (χ0v) is 14.8. The van der Waals surface area contributed by atoms with Crippen molar-refractivity contribution >= 4 is 28.9 Å². The number of aromatic nitrogens is 1. The van der Waals surface area contributed by atoms with Gasteiger partial charge in [-0.1, -0.05) is 30.3 Å². The summed E-state index contributed by atoms with van der Waals surface area (Å²) >= 11 is 0. The molecule has 27 heavy (non-hydrogen) atoms. The van der Waals surface area contributed by atoms with Crippen LogP contribution in [0.25, 0.3) is 17.0 Å². The normalized spacial score (nSPS) is 12.2. The lowest BCUT2D eigenvalue weighted by Crippen LogP contribution is -2.41. The van der Waals surface area contributed by atoms with Crippen molar-refractivity contribution in [3.05, 3.63) is 71.9 Å². The Morgan fingerprint density at radius 3 is 2.81 bits per heavy atom. The maximum absolute atomic E-state index is 12.2. The second-order valence-electron chi connectivity index (χ2n) is 6.07. The summed E-state index contributed by atoms with van der Waals surface area (Å²) < 4.78 is 5.14. The second kappa shape index (κ2) is 8.23. The summed E-state index contributed by atoms with van der Waals surface area (Å²) in [5.74, 6) is -0.867. The minimum Gasteiger partial charge on any atom is -0.497 e. The lowest BCUT2D eigenvalue weighted by atomic mass is 10.0. The zero-order chi connectivity index (χ0) is 19.2. The standard InChI is InChI=1S/C21H20N2O4/c1-27-16-6-4-5-14(11-16)9-10-20(24)23-19(21(25)26)12-15-13-22-18-8-3-2-7-17(15)18/h2-11,13,19,22H,12H2,1H3,(H,23,24)(H,25,26)/b10-9+. The van der Waals surface area contributed by atoms with Gasteiger partial charge in [0.2, 0.25) is 5.91 Å². The molecule has 0 radical (unpaired) electrons. The number of ether oxygens (including phenoxy) is 1. The fourth-order valence-electron chi connectivity index (χ4n) is 2.86. The topological polar surface area (TPSA) is 91.4 Å². The summed E-state index contributed by atoms with van der Waals surface area (Å²) in [6, 6.07) is 13.8. The molecular weight excluding hydrogens is 344 g/mol. The molecule has 3 aromatic rings. The number of methoxy groups -OCH3 is 1. The molecule has 0 saturated heterocycles. The van der Waals surface area contributed by atoms with Crippen molar-refractivity contribution in [1.82, 2.24) is 10.3 Å². The van der Waals surface area contributed by atoms with Crippen molar-refractivity contribution < 1.29 is 19.4 Å². The Kier molecular flexibility index (Phi) is 5.56. The quantitative estimate of drug-likeness (QED) is 0.562. The Hall–Kier alpha value is -3.54. The van der Waals surface area contributed by atoms with E-state index in [-0.39, 0.29) is 6.42 Å². The van der Waals surface area contributed by atoms with E-state index in [0.717, 1.165) is 22.0 Å². The number of hydrogen-bond acceptors (Lipinski definition) is 3. The van der Waals surface area contributed by atoms with E-state index in [1.807, 2.05) is 36.4 Å². The molecule has 138 valence electrons. The number of carbonyl (C=O) groups is 2. The maximum Gasteiger partial charge on any atom is 0.326 e. The molecule has 0 aliphatic heterocycles. The van der Waals surface area contributed by atoms with Gasteiger partial charge in [-0.3, -0.25) is 4.79 Å². The van der Waals surface area contributed by atoms with Crippen LogP contribution < -0.4 is 10.1 Å². The van der Waals surface area contributed by atoms with E-state index >= 15 is 0 Å². The van der Waals surface area contributed by atoms with Crippen LogP contribution in [0.4, 0.5) is 0 Å². The maximum atomic E-state index is 12.2. The molecule has 0 bridgehead atoms. The number of rotatable bonds is 7. The van der Waals surface area contributed by atoms with Crippen LogP contribution in [-0.2, 0) is 16.0 Å². The third-order valence-corrected chi connectivity index (χ3v) is 4.23. The number of amides is 1. The van der Waals surface area contributed by atoms with Crippen LogP contribution in [0.15, 0.2) is 60.8 Å². The Bertz CT molecular complexity index is 991. The predicted octanol–water partition coefficient (Wildman–Crippen LogP) is 3.00. The summed E-state index contributed by atoms with van der Waals surface area (Å²) in [7, 11) is 1.57. The van der Waals surface area contributed by atoms with Crippen LogP contribution >= 0.6 is 0 Å². The first kappa shape index (κ1) is 18.3. The van der Waals surface area contributed by atoms with Gasteiger partial charge in [0.25, 0.3) is 0 Å². The summed E-state index contributed by atoms with van der Waals surface area (Å²) in [5, 5.41) is 13.0. The number of benzene rings is 2. The van der Waals surface area contributed by atoms with E-state index in [1.165, 1.54) is 6.08 Å². The monoisotopic (exact) mass is 364 g/mol. The first-order chi connectivity index (χ1) is 13.1. The van der Waals surface area contributed by atoms with Gasteiger partial charge in [0.1, 0.15) is 11.8 Å². The smallest absolute Gasteiger partial charge is 0.326 e. The highest BCUT2D eigenvalue weighted by Crippen LogP contribution is 2.19. The Morgan fingerprint density at radius 1 is 1.22 bits per heavy atom. The van der Waals surface area contributed by atoms with Gasteiger partial charge in [-0.2, -0.15) is 0 Å². The van der Waals surface area contributed by atoms with Crippen LogP contribution in [-0.4, -0.2) is 35.1 Å². The largest absolute Gasteiger partial charge is 0.497 e. The van der Waals surface area contributed by atoms with Crippen LogP contribution in [0.5, 0.6) is 5.75 Å². The highest BCUT2D eigenvalue weighted by Gasteiger charge is 2.21. The van der Waals surface area contributed by atoms with Crippen molar-refractivity contribution in [2.75, 3.05) is 7.11 Å². The summed E-state index contributed by atoms with van der Waals surface area (Å²) in [6.45, 7) is 0.